The average Bonchev–Trinajstić information content (AvgIpc) is 2.16. The molecule has 0 unspecified atom stereocenters. The molecule has 0 saturated heterocycles. The summed E-state index contributed by atoms with van der Waals surface area (Å²) >= 11 is 0. The van der Waals surface area contributed by atoms with Crippen LogP contribution in [0.3, 0.4) is 0 Å². The van der Waals surface area contributed by atoms with Gasteiger partial charge in [0.2, 0.25) is 0 Å². The van der Waals surface area contributed by atoms with Crippen molar-refractivity contribution in [2.45, 2.75) is 26.4 Å². The van der Waals surface area contributed by atoms with E-state index in [0.717, 1.165) is 25.2 Å². The maximum atomic E-state index is 12.2. The minimum Gasteiger partial charge on any atom is -0.370 e. The Morgan fingerprint density at radius 1 is 1.31 bits per heavy atom. The summed E-state index contributed by atoms with van der Waals surface area (Å²) < 4.78 is 36.7. The van der Waals surface area contributed by atoms with Crippen molar-refractivity contribution in [3.63, 3.8) is 0 Å². The molecule has 0 bridgehead atoms. The van der Waals surface area contributed by atoms with Crippen LogP contribution in [0.4, 0.5) is 19.0 Å². The molecule has 90 valence electrons. The number of hydrogen-bond donors (Lipinski definition) is 1. The van der Waals surface area contributed by atoms with Crippen molar-refractivity contribution in [2.75, 3.05) is 11.9 Å². The second-order valence-electron chi connectivity index (χ2n) is 4.04. The Morgan fingerprint density at radius 2 is 2.00 bits per heavy atom. The SMILES string of the molecule is CC(C)CCNc1ccc(C(F)(F)F)cn1. The lowest BCUT2D eigenvalue weighted by Gasteiger charge is -2.09. The normalized spacial score (nSPS) is 11.9. The second-order valence-corrected chi connectivity index (χ2v) is 4.04. The van der Waals surface area contributed by atoms with Crippen molar-refractivity contribution >= 4 is 5.82 Å². The lowest BCUT2D eigenvalue weighted by molar-refractivity contribution is -0.137. The summed E-state index contributed by atoms with van der Waals surface area (Å²) in [5, 5.41) is 2.98. The first-order valence-corrected chi connectivity index (χ1v) is 5.16. The fraction of sp³-hybridized carbons (Fsp3) is 0.545. The van der Waals surface area contributed by atoms with E-state index in [2.05, 4.69) is 24.1 Å². The fourth-order valence-electron chi connectivity index (χ4n) is 1.16. The van der Waals surface area contributed by atoms with E-state index in [1.54, 1.807) is 0 Å². The molecule has 1 N–H and O–H groups in total. The van der Waals surface area contributed by atoms with E-state index in [0.29, 0.717) is 11.7 Å². The van der Waals surface area contributed by atoms with Gasteiger partial charge in [0.15, 0.2) is 0 Å². The van der Waals surface area contributed by atoms with Gasteiger partial charge in [-0.25, -0.2) is 4.98 Å². The number of aromatic nitrogens is 1. The predicted molar refractivity (Wildman–Crippen MR) is 57.2 cm³/mol. The zero-order valence-electron chi connectivity index (χ0n) is 9.30. The monoisotopic (exact) mass is 232 g/mol. The van der Waals surface area contributed by atoms with Gasteiger partial charge in [-0.15, -0.1) is 0 Å². The summed E-state index contributed by atoms with van der Waals surface area (Å²) in [7, 11) is 0. The van der Waals surface area contributed by atoms with Gasteiger partial charge in [0, 0.05) is 12.7 Å². The van der Waals surface area contributed by atoms with Crippen LogP contribution in [0.15, 0.2) is 18.3 Å². The highest BCUT2D eigenvalue weighted by Crippen LogP contribution is 2.28. The molecule has 0 aliphatic rings. The third-order valence-corrected chi connectivity index (χ3v) is 2.12. The Bertz CT molecular complexity index is 317. The molecule has 0 aliphatic heterocycles. The minimum atomic E-state index is -4.32. The third kappa shape index (κ3) is 4.08. The second kappa shape index (κ2) is 5.18. The molecular weight excluding hydrogens is 217 g/mol. The van der Waals surface area contributed by atoms with Crippen LogP contribution >= 0.6 is 0 Å². The van der Waals surface area contributed by atoms with E-state index in [-0.39, 0.29) is 0 Å². The van der Waals surface area contributed by atoms with Gasteiger partial charge in [0.05, 0.1) is 5.56 Å². The summed E-state index contributed by atoms with van der Waals surface area (Å²) in [6.45, 7) is 4.89. The number of nitrogens with one attached hydrogen (secondary N) is 1. The number of nitrogens with zero attached hydrogens (tertiary/aromatic N) is 1. The first kappa shape index (κ1) is 12.8. The van der Waals surface area contributed by atoms with Crippen molar-refractivity contribution in [3.05, 3.63) is 23.9 Å². The molecule has 0 aliphatic carbocycles. The standard InChI is InChI=1S/C11H15F3N2/c1-8(2)5-6-15-10-4-3-9(7-16-10)11(12,13)14/h3-4,7-8H,5-6H2,1-2H3,(H,15,16). The molecule has 1 rings (SSSR count). The molecule has 0 radical (unpaired) electrons. The minimum absolute atomic E-state index is 0.480. The van der Waals surface area contributed by atoms with Crippen LogP contribution in [0.2, 0.25) is 0 Å². The highest BCUT2D eigenvalue weighted by atomic mass is 19.4. The highest BCUT2D eigenvalue weighted by molar-refractivity contribution is 5.35. The molecule has 5 heteroatoms. The predicted octanol–water partition coefficient (Wildman–Crippen LogP) is 3.56. The topological polar surface area (TPSA) is 24.9 Å². The van der Waals surface area contributed by atoms with E-state index in [1.165, 1.54) is 6.07 Å². The lowest BCUT2D eigenvalue weighted by Crippen LogP contribution is -2.08. The number of pyridine rings is 1. The Kier molecular flexibility index (Phi) is 4.15. The van der Waals surface area contributed by atoms with Crippen LogP contribution < -0.4 is 5.32 Å². The van der Waals surface area contributed by atoms with Gasteiger partial charge in [-0.1, -0.05) is 13.8 Å². The van der Waals surface area contributed by atoms with Gasteiger partial charge in [-0.3, -0.25) is 0 Å². The molecule has 16 heavy (non-hydrogen) atoms. The van der Waals surface area contributed by atoms with E-state index in [9.17, 15) is 13.2 Å². The van der Waals surface area contributed by atoms with Crippen molar-refractivity contribution in [2.24, 2.45) is 5.92 Å². The summed E-state index contributed by atoms with van der Waals surface area (Å²) in [6.07, 6.45) is -2.51. The highest BCUT2D eigenvalue weighted by Gasteiger charge is 2.30. The van der Waals surface area contributed by atoms with E-state index >= 15 is 0 Å². The first-order chi connectivity index (χ1) is 7.39. The van der Waals surface area contributed by atoms with Gasteiger partial charge in [-0.2, -0.15) is 13.2 Å². The molecule has 0 aromatic carbocycles. The fourth-order valence-corrected chi connectivity index (χ4v) is 1.16. The number of hydrogen-bond acceptors (Lipinski definition) is 2. The van der Waals surface area contributed by atoms with Crippen LogP contribution in [0.1, 0.15) is 25.8 Å². The molecule has 1 aromatic rings. The van der Waals surface area contributed by atoms with E-state index < -0.39 is 11.7 Å². The number of halogens is 3. The molecule has 0 atom stereocenters. The molecular formula is C11H15F3N2. The molecule has 0 fully saturated rings. The van der Waals surface area contributed by atoms with Crippen molar-refractivity contribution < 1.29 is 13.2 Å². The van der Waals surface area contributed by atoms with Crippen LogP contribution in [-0.2, 0) is 6.18 Å². The molecule has 0 amide bonds. The third-order valence-electron chi connectivity index (χ3n) is 2.12. The van der Waals surface area contributed by atoms with Crippen molar-refractivity contribution in [3.8, 4) is 0 Å². The maximum Gasteiger partial charge on any atom is 0.417 e. The molecule has 0 saturated carbocycles. The summed E-state index contributed by atoms with van der Waals surface area (Å²) in [4.78, 5) is 3.71. The molecule has 2 nitrogen and oxygen atoms in total. The van der Waals surface area contributed by atoms with Crippen LogP contribution in [0.5, 0.6) is 0 Å². The van der Waals surface area contributed by atoms with Crippen molar-refractivity contribution in [1.82, 2.24) is 4.98 Å². The number of alkyl halides is 3. The average molecular weight is 232 g/mol. The largest absolute Gasteiger partial charge is 0.417 e. The van der Waals surface area contributed by atoms with Crippen LogP contribution in [0, 0.1) is 5.92 Å². The van der Waals surface area contributed by atoms with Crippen LogP contribution in [0.25, 0.3) is 0 Å². The molecule has 1 aromatic heterocycles. The Balaban J connectivity index is 2.52. The lowest BCUT2D eigenvalue weighted by atomic mass is 10.1. The summed E-state index contributed by atoms with van der Waals surface area (Å²) in [5.74, 6) is 1.04. The Labute approximate surface area is 92.9 Å². The maximum absolute atomic E-state index is 12.2. The zero-order valence-corrected chi connectivity index (χ0v) is 9.30. The van der Waals surface area contributed by atoms with Gasteiger partial charge in [-0.05, 0) is 24.5 Å². The van der Waals surface area contributed by atoms with Gasteiger partial charge in [0.1, 0.15) is 5.82 Å². The van der Waals surface area contributed by atoms with E-state index in [1.807, 2.05) is 0 Å². The van der Waals surface area contributed by atoms with Gasteiger partial charge < -0.3 is 5.32 Å². The quantitative estimate of drug-likeness (QED) is 0.858. The van der Waals surface area contributed by atoms with Gasteiger partial charge >= 0.3 is 6.18 Å². The Hall–Kier alpha value is -1.26. The zero-order chi connectivity index (χ0) is 12.2. The van der Waals surface area contributed by atoms with E-state index in [4.69, 9.17) is 0 Å². The summed E-state index contributed by atoms with van der Waals surface area (Å²) in [6, 6.07) is 2.38. The first-order valence-electron chi connectivity index (χ1n) is 5.16. The molecule has 0 spiro atoms. The Morgan fingerprint density at radius 3 is 2.44 bits per heavy atom. The molecule has 1 heterocycles. The van der Waals surface area contributed by atoms with Gasteiger partial charge in [0.25, 0.3) is 0 Å². The number of rotatable bonds is 4. The van der Waals surface area contributed by atoms with Crippen LogP contribution in [-0.4, -0.2) is 11.5 Å². The smallest absolute Gasteiger partial charge is 0.370 e. The summed E-state index contributed by atoms with van der Waals surface area (Å²) in [5.41, 5.74) is -0.720. The van der Waals surface area contributed by atoms with Crippen molar-refractivity contribution in [1.29, 1.82) is 0 Å². The number of anilines is 1.